The van der Waals surface area contributed by atoms with Gasteiger partial charge in [0, 0.05) is 18.4 Å². The molecule has 0 heterocycles. The Morgan fingerprint density at radius 3 is 2.42 bits per heavy atom. The molecule has 2 aromatic rings. The van der Waals surface area contributed by atoms with Crippen molar-refractivity contribution in [3.63, 3.8) is 0 Å². The number of ketones is 1. The summed E-state index contributed by atoms with van der Waals surface area (Å²) in [7, 11) is 1.40. The van der Waals surface area contributed by atoms with Crippen LogP contribution in [0.5, 0.6) is 5.75 Å². The molecule has 2 rings (SSSR count). The molecule has 0 spiro atoms. The van der Waals surface area contributed by atoms with Crippen LogP contribution >= 0.6 is 0 Å². The average molecular weight is 357 g/mol. The molecule has 0 saturated heterocycles. The topological polar surface area (TPSA) is 55.4 Å². The monoisotopic (exact) mass is 357 g/mol. The Labute approximate surface area is 153 Å². The molecule has 0 aliphatic rings. The summed E-state index contributed by atoms with van der Waals surface area (Å²) in [6, 6.07) is 9.74. The van der Waals surface area contributed by atoms with Crippen LogP contribution in [0.3, 0.4) is 0 Å². The van der Waals surface area contributed by atoms with E-state index in [1.165, 1.54) is 19.2 Å². The summed E-state index contributed by atoms with van der Waals surface area (Å²) < 4.78 is 18.7. The Morgan fingerprint density at radius 1 is 1.08 bits per heavy atom. The predicted molar refractivity (Wildman–Crippen MR) is 99.0 cm³/mol. The van der Waals surface area contributed by atoms with Crippen LogP contribution in [0, 0.1) is 19.7 Å². The fourth-order valence-corrected chi connectivity index (χ4v) is 2.64. The van der Waals surface area contributed by atoms with E-state index in [0.717, 1.165) is 11.1 Å². The smallest absolute Gasteiger partial charge is 0.220 e. The molecule has 5 heteroatoms. The zero-order valence-corrected chi connectivity index (χ0v) is 15.6. The van der Waals surface area contributed by atoms with E-state index >= 15 is 0 Å². The molecule has 138 valence electrons. The molecule has 0 aliphatic carbocycles. The van der Waals surface area contributed by atoms with E-state index in [4.69, 9.17) is 4.74 Å². The molecule has 26 heavy (non-hydrogen) atoms. The Morgan fingerprint density at radius 2 is 1.81 bits per heavy atom. The van der Waals surface area contributed by atoms with Crippen LogP contribution in [0.4, 0.5) is 4.39 Å². The van der Waals surface area contributed by atoms with Crippen molar-refractivity contribution in [2.24, 2.45) is 0 Å². The number of methoxy groups -OCH3 is 1. The largest absolute Gasteiger partial charge is 0.494 e. The molecular weight excluding hydrogens is 333 g/mol. The van der Waals surface area contributed by atoms with Crippen molar-refractivity contribution in [1.29, 1.82) is 0 Å². The maximum atomic E-state index is 13.8. The van der Waals surface area contributed by atoms with Crippen molar-refractivity contribution in [2.75, 3.05) is 7.11 Å². The van der Waals surface area contributed by atoms with Gasteiger partial charge in [0.05, 0.1) is 13.2 Å². The number of carbonyl (C=O) groups is 2. The van der Waals surface area contributed by atoms with Crippen LogP contribution in [-0.4, -0.2) is 18.8 Å². The molecule has 0 saturated carbocycles. The van der Waals surface area contributed by atoms with Crippen molar-refractivity contribution in [1.82, 2.24) is 5.32 Å². The van der Waals surface area contributed by atoms with Gasteiger partial charge in [0.25, 0.3) is 0 Å². The fourth-order valence-electron chi connectivity index (χ4n) is 2.64. The lowest BCUT2D eigenvalue weighted by Gasteiger charge is -2.15. The number of hydrogen-bond donors (Lipinski definition) is 1. The van der Waals surface area contributed by atoms with Crippen LogP contribution < -0.4 is 10.1 Å². The third kappa shape index (κ3) is 4.91. The van der Waals surface area contributed by atoms with Crippen LogP contribution in [0.2, 0.25) is 0 Å². The van der Waals surface area contributed by atoms with Crippen LogP contribution in [-0.2, 0) is 4.79 Å². The number of nitrogens with one attached hydrogen (secondary N) is 1. The first-order valence-corrected chi connectivity index (χ1v) is 8.55. The minimum atomic E-state index is -0.476. The Bertz CT molecular complexity index is 817. The van der Waals surface area contributed by atoms with Gasteiger partial charge in [0.1, 0.15) is 0 Å². The van der Waals surface area contributed by atoms with E-state index in [0.29, 0.717) is 11.1 Å². The van der Waals surface area contributed by atoms with Gasteiger partial charge in [-0.3, -0.25) is 9.59 Å². The lowest BCUT2D eigenvalue weighted by molar-refractivity contribution is -0.121. The first-order chi connectivity index (χ1) is 12.3. The summed E-state index contributed by atoms with van der Waals surface area (Å²) in [4.78, 5) is 24.3. The van der Waals surface area contributed by atoms with E-state index in [-0.39, 0.29) is 36.3 Å². The number of benzene rings is 2. The second-order valence-electron chi connectivity index (χ2n) is 6.41. The predicted octanol–water partition coefficient (Wildman–Crippen LogP) is 4.29. The molecule has 1 atom stereocenters. The quantitative estimate of drug-likeness (QED) is 0.752. The molecule has 0 aromatic heterocycles. The minimum absolute atomic E-state index is 0.0635. The normalized spacial score (nSPS) is 11.7. The molecule has 0 aliphatic heterocycles. The van der Waals surface area contributed by atoms with Crippen molar-refractivity contribution in [3.8, 4) is 5.75 Å². The Kier molecular flexibility index (Phi) is 6.50. The van der Waals surface area contributed by atoms with Crippen molar-refractivity contribution in [2.45, 2.75) is 39.7 Å². The number of amides is 1. The van der Waals surface area contributed by atoms with E-state index < -0.39 is 5.82 Å². The highest BCUT2D eigenvalue weighted by Crippen LogP contribution is 2.22. The van der Waals surface area contributed by atoms with Gasteiger partial charge in [-0.05, 0) is 55.7 Å². The standard InChI is InChI=1S/C21H24FNO3/c1-13-5-6-17(11-14(13)2)19(24)8-10-21(25)23-15(3)16-7-9-20(26-4)18(22)12-16/h5-7,9,11-12,15H,8,10H2,1-4H3,(H,23,25). The van der Waals surface area contributed by atoms with Gasteiger partial charge >= 0.3 is 0 Å². The third-order valence-corrected chi connectivity index (χ3v) is 4.46. The highest BCUT2D eigenvalue weighted by Gasteiger charge is 2.14. The van der Waals surface area contributed by atoms with Crippen LogP contribution in [0.25, 0.3) is 0 Å². The summed E-state index contributed by atoms with van der Waals surface area (Å²) in [5.74, 6) is -0.625. The zero-order chi connectivity index (χ0) is 19.3. The molecule has 2 aromatic carbocycles. The number of Topliss-reactive ketones (excluding diaryl/α,β-unsaturated/α-hetero) is 1. The molecule has 0 fully saturated rings. The number of carbonyl (C=O) groups excluding carboxylic acids is 2. The van der Waals surface area contributed by atoms with Crippen molar-refractivity contribution < 1.29 is 18.7 Å². The number of rotatable bonds is 7. The van der Waals surface area contributed by atoms with E-state index in [1.54, 1.807) is 19.1 Å². The molecule has 4 nitrogen and oxygen atoms in total. The lowest BCUT2D eigenvalue weighted by atomic mass is 10.0. The first kappa shape index (κ1) is 19.6. The van der Waals surface area contributed by atoms with E-state index in [9.17, 15) is 14.0 Å². The molecule has 0 radical (unpaired) electrons. The molecule has 1 unspecified atom stereocenters. The molecule has 1 N–H and O–H groups in total. The zero-order valence-electron chi connectivity index (χ0n) is 15.6. The highest BCUT2D eigenvalue weighted by atomic mass is 19.1. The SMILES string of the molecule is COc1ccc(C(C)NC(=O)CCC(=O)c2ccc(C)c(C)c2)cc1F. The maximum absolute atomic E-state index is 13.8. The third-order valence-electron chi connectivity index (χ3n) is 4.46. The average Bonchev–Trinajstić information content (AvgIpc) is 2.61. The summed E-state index contributed by atoms with van der Waals surface area (Å²) in [5, 5.41) is 2.79. The summed E-state index contributed by atoms with van der Waals surface area (Å²) >= 11 is 0. The van der Waals surface area contributed by atoms with Crippen LogP contribution in [0.15, 0.2) is 36.4 Å². The fraction of sp³-hybridized carbons (Fsp3) is 0.333. The number of ether oxygens (including phenoxy) is 1. The van der Waals surface area contributed by atoms with Crippen molar-refractivity contribution >= 4 is 11.7 Å². The van der Waals surface area contributed by atoms with E-state index in [2.05, 4.69) is 5.32 Å². The molecule has 1 amide bonds. The van der Waals surface area contributed by atoms with Gasteiger partial charge in [-0.15, -0.1) is 0 Å². The Balaban J connectivity index is 1.90. The number of hydrogen-bond acceptors (Lipinski definition) is 3. The molecular formula is C21H24FNO3. The van der Waals surface area contributed by atoms with Gasteiger partial charge in [0.2, 0.25) is 5.91 Å². The lowest BCUT2D eigenvalue weighted by Crippen LogP contribution is -2.27. The molecule has 0 bridgehead atoms. The summed E-state index contributed by atoms with van der Waals surface area (Å²) in [6.07, 6.45) is 0.229. The van der Waals surface area contributed by atoms with Gasteiger partial charge in [0.15, 0.2) is 17.3 Å². The number of aryl methyl sites for hydroxylation is 2. The second kappa shape index (κ2) is 8.61. The second-order valence-corrected chi connectivity index (χ2v) is 6.41. The summed E-state index contributed by atoms with van der Waals surface area (Å²) in [6.45, 7) is 5.71. The minimum Gasteiger partial charge on any atom is -0.494 e. The van der Waals surface area contributed by atoms with Gasteiger partial charge < -0.3 is 10.1 Å². The summed E-state index contributed by atoms with van der Waals surface area (Å²) in [5.41, 5.74) is 3.43. The highest BCUT2D eigenvalue weighted by molar-refractivity contribution is 5.98. The van der Waals surface area contributed by atoms with Crippen molar-refractivity contribution in [3.05, 3.63) is 64.5 Å². The first-order valence-electron chi connectivity index (χ1n) is 8.55. The van der Waals surface area contributed by atoms with Gasteiger partial charge in [-0.1, -0.05) is 18.2 Å². The van der Waals surface area contributed by atoms with Gasteiger partial charge in [-0.2, -0.15) is 0 Å². The van der Waals surface area contributed by atoms with Crippen LogP contribution in [0.1, 0.15) is 52.9 Å². The van der Waals surface area contributed by atoms with Gasteiger partial charge in [-0.25, -0.2) is 4.39 Å². The maximum Gasteiger partial charge on any atom is 0.220 e. The number of halogens is 1. The Hall–Kier alpha value is -2.69. The van der Waals surface area contributed by atoms with E-state index in [1.807, 2.05) is 26.0 Å².